The van der Waals surface area contributed by atoms with Crippen LogP contribution in [0.4, 0.5) is 0 Å². The van der Waals surface area contributed by atoms with E-state index in [1.807, 2.05) is 0 Å². The third-order valence-corrected chi connectivity index (χ3v) is 0. The van der Waals surface area contributed by atoms with E-state index in [0.29, 0.717) is 0 Å². The Hall–Kier alpha value is -1.32. The van der Waals surface area contributed by atoms with Crippen LogP contribution in [0.3, 0.4) is 0 Å². The molecule has 0 aromatic rings. The monoisotopic (exact) mass is 361 g/mol. The summed E-state index contributed by atoms with van der Waals surface area (Å²) in [6.07, 6.45) is 0. The van der Waals surface area contributed by atoms with Gasteiger partial charge < -0.3 is 28.8 Å². The van der Waals surface area contributed by atoms with E-state index in [1.165, 1.54) is 0 Å². The summed E-state index contributed by atoms with van der Waals surface area (Å²) in [6, 6.07) is 0. The van der Waals surface area contributed by atoms with Gasteiger partial charge in [-0.05, 0) is 0 Å². The first-order valence-corrected chi connectivity index (χ1v) is 1.41. The standard InChI is InChI=1S/6CHO.Re/c6*1-2;/h6*1H;/q6*-1;. The van der Waals surface area contributed by atoms with Crippen molar-refractivity contribution in [3.63, 3.8) is 0 Å². The van der Waals surface area contributed by atoms with Crippen molar-refractivity contribution in [2.45, 2.75) is 0 Å². The van der Waals surface area contributed by atoms with Crippen molar-refractivity contribution in [3.05, 3.63) is 0 Å². The average Bonchev–Trinajstić information content (AvgIpc) is 2.33. The first-order chi connectivity index (χ1) is 6.00. The molecule has 0 aromatic carbocycles. The number of carbonyl (C=O) groups excluding carboxylic acids is 6. The Balaban J connectivity index is -0.00000000655. The van der Waals surface area contributed by atoms with Crippen molar-refractivity contribution in [1.82, 2.24) is 0 Å². The molecule has 0 aliphatic rings. The summed E-state index contributed by atoms with van der Waals surface area (Å²) < 4.78 is 0. The van der Waals surface area contributed by atoms with Gasteiger partial charge in [-0.15, -0.1) is 0 Å². The van der Waals surface area contributed by atoms with Crippen molar-refractivity contribution in [1.29, 1.82) is 0 Å². The number of hydrogen-bond donors (Lipinski definition) is 0. The summed E-state index contributed by atoms with van der Waals surface area (Å²) in [5.41, 5.74) is 0. The van der Waals surface area contributed by atoms with E-state index in [0.717, 1.165) is 0 Å². The van der Waals surface area contributed by atoms with Crippen LogP contribution in [0.1, 0.15) is 0 Å². The second-order valence-corrected chi connectivity index (χ2v) is 0. The van der Waals surface area contributed by atoms with Crippen LogP contribution in [0.5, 0.6) is 0 Å². The zero-order valence-electron chi connectivity index (χ0n) is 6.29. The molecule has 0 saturated heterocycles. The van der Waals surface area contributed by atoms with Gasteiger partial charge in [0.2, 0.25) is 0 Å². The van der Waals surface area contributed by atoms with Crippen LogP contribution in [0.2, 0.25) is 0 Å². The Kier molecular flexibility index (Phi) is 2700. The maximum absolute atomic E-state index is 7.75. The van der Waals surface area contributed by atoms with E-state index in [1.54, 1.807) is 0 Å². The van der Waals surface area contributed by atoms with E-state index in [4.69, 9.17) is 28.8 Å². The van der Waals surface area contributed by atoms with Crippen LogP contribution in [-0.4, -0.2) is 40.7 Å². The minimum atomic E-state index is 0. The average molecular weight is 360 g/mol. The molecule has 0 aliphatic carbocycles. The third kappa shape index (κ3) is 464. The van der Waals surface area contributed by atoms with Crippen LogP contribution < -0.4 is 0 Å². The Morgan fingerprint density at radius 1 is 0.308 bits per heavy atom. The van der Waals surface area contributed by atoms with Gasteiger partial charge in [0, 0.05) is 20.4 Å². The predicted octanol–water partition coefficient (Wildman–Crippen LogP) is -1.65. The summed E-state index contributed by atoms with van der Waals surface area (Å²) in [5.74, 6) is 0. The smallest absolute Gasteiger partial charge is 0 e. The van der Waals surface area contributed by atoms with Crippen LogP contribution in [0, 0.1) is 0 Å². The third-order valence-electron chi connectivity index (χ3n) is 0. The van der Waals surface area contributed by atoms with Gasteiger partial charge in [0.1, 0.15) is 0 Å². The van der Waals surface area contributed by atoms with Crippen molar-refractivity contribution in [3.8, 4) is 0 Å². The van der Waals surface area contributed by atoms with Crippen LogP contribution in [-0.2, 0) is 49.2 Å². The molecule has 0 aromatic heterocycles. The van der Waals surface area contributed by atoms with Gasteiger partial charge >= 0.3 is 0 Å². The normalized spacial score (nSPS) is 1.85. The van der Waals surface area contributed by atoms with Gasteiger partial charge in [0.05, 0.1) is 0 Å². The molecule has 0 heterocycles. The second kappa shape index (κ2) is 577. The van der Waals surface area contributed by atoms with E-state index >= 15 is 0 Å². The molecule has 0 fully saturated rings. The topological polar surface area (TPSA) is 102 Å². The summed E-state index contributed by atoms with van der Waals surface area (Å²) >= 11 is 0. The zero-order valence-corrected chi connectivity index (χ0v) is 9.01. The maximum Gasteiger partial charge on any atom is 0 e. The fraction of sp³-hybridized carbons (Fsp3) is 0. The van der Waals surface area contributed by atoms with Crippen LogP contribution >= 0.6 is 0 Å². The molecular formula is C6H6O6Re-6. The van der Waals surface area contributed by atoms with E-state index < -0.39 is 0 Å². The molecule has 0 N–H and O–H groups in total. The van der Waals surface area contributed by atoms with Gasteiger partial charge in [-0.3, -0.25) is 40.7 Å². The molecule has 0 aliphatic heterocycles. The Bertz CT molecular complexity index is 32.6. The van der Waals surface area contributed by atoms with E-state index in [9.17, 15) is 0 Å². The predicted molar refractivity (Wildman–Crippen MR) is 40.5 cm³/mol. The maximum atomic E-state index is 7.75. The quantitative estimate of drug-likeness (QED) is 0.379. The fourth-order valence-corrected chi connectivity index (χ4v) is 0. The van der Waals surface area contributed by atoms with E-state index in [2.05, 4.69) is 40.7 Å². The zero-order chi connectivity index (χ0) is 12.0. The molecule has 7 heteroatoms. The van der Waals surface area contributed by atoms with Gasteiger partial charge in [-0.2, -0.15) is 0 Å². The molecular weight excluding hydrogens is 354 g/mol. The summed E-state index contributed by atoms with van der Waals surface area (Å²) in [5, 5.41) is 0. The largest absolute Gasteiger partial charge is 0.545 e. The second-order valence-electron chi connectivity index (χ2n) is 0. The van der Waals surface area contributed by atoms with Crippen LogP contribution in [0.25, 0.3) is 0 Å². The molecule has 79 valence electrons. The van der Waals surface area contributed by atoms with Crippen molar-refractivity contribution in [2.75, 3.05) is 0 Å². The molecule has 13 heavy (non-hydrogen) atoms. The van der Waals surface area contributed by atoms with Crippen LogP contribution in [0.15, 0.2) is 0 Å². The van der Waals surface area contributed by atoms with Crippen molar-refractivity contribution < 1.29 is 49.2 Å². The molecule has 0 saturated carbocycles. The van der Waals surface area contributed by atoms with Gasteiger partial charge in [0.15, 0.2) is 0 Å². The molecule has 0 rings (SSSR count). The van der Waals surface area contributed by atoms with Gasteiger partial charge in [-0.1, -0.05) is 0 Å². The molecule has 6 nitrogen and oxygen atoms in total. The first-order valence-electron chi connectivity index (χ1n) is 1.41. The minimum absolute atomic E-state index is 0. The fourth-order valence-electron chi connectivity index (χ4n) is 0. The Morgan fingerprint density at radius 3 is 0.308 bits per heavy atom. The Morgan fingerprint density at radius 2 is 0.308 bits per heavy atom. The molecule has 0 spiro atoms. The van der Waals surface area contributed by atoms with Gasteiger partial charge in [0.25, 0.3) is 0 Å². The summed E-state index contributed by atoms with van der Waals surface area (Å²) in [4.78, 5) is 46.5. The number of rotatable bonds is 0. The molecule has 1 radical (unpaired) electrons. The van der Waals surface area contributed by atoms with Gasteiger partial charge in [-0.25, -0.2) is 0 Å². The molecule has 0 atom stereocenters. The first kappa shape index (κ1) is 60.8. The SMILES string of the molecule is [CH-]=O.[CH-]=O.[CH-]=O.[CH-]=O.[CH-]=O.[CH-]=O.[Re]. The summed E-state index contributed by atoms with van der Waals surface area (Å²) in [6.45, 7) is 19.5. The minimum Gasteiger partial charge on any atom is -0.545 e. The van der Waals surface area contributed by atoms with E-state index in [-0.39, 0.29) is 20.4 Å². The van der Waals surface area contributed by atoms with Crippen molar-refractivity contribution in [2.24, 2.45) is 0 Å². The molecule has 0 amide bonds. The summed E-state index contributed by atoms with van der Waals surface area (Å²) in [7, 11) is 0. The number of hydrogen-bond acceptors (Lipinski definition) is 6. The Labute approximate surface area is 90.3 Å². The van der Waals surface area contributed by atoms with Crippen molar-refractivity contribution >= 4 is 40.7 Å². The molecule has 0 bridgehead atoms. The molecule has 0 unspecified atom stereocenters.